The van der Waals surface area contributed by atoms with E-state index in [1.165, 1.54) is 0 Å². The first kappa shape index (κ1) is 17.8. The van der Waals surface area contributed by atoms with Crippen LogP contribution in [-0.2, 0) is 4.79 Å². The molecule has 4 heteroatoms. The Morgan fingerprint density at radius 1 is 0.962 bits per heavy atom. The summed E-state index contributed by atoms with van der Waals surface area (Å²) < 4.78 is 5.31. The number of rotatable bonds is 5. The first-order valence-electron chi connectivity index (χ1n) is 8.14. The summed E-state index contributed by atoms with van der Waals surface area (Å²) in [6.07, 6.45) is 1.86. The standard InChI is InChI=1S/C22H18ClNO2/c1-26-21-13-12-18(23)15-20(21)24-22(25)19(17-10-6-3-7-11-17)14-16-8-4-2-5-9-16/h2-15H,1H3,(H,24,25)/b19-14+. The molecule has 0 unspecified atom stereocenters. The van der Waals surface area contributed by atoms with Crippen molar-refractivity contribution in [2.45, 2.75) is 0 Å². The Bertz CT molecular complexity index is 921. The summed E-state index contributed by atoms with van der Waals surface area (Å²) in [5.41, 5.74) is 2.85. The Balaban J connectivity index is 1.99. The fourth-order valence-corrected chi connectivity index (χ4v) is 2.75. The van der Waals surface area contributed by atoms with E-state index in [9.17, 15) is 4.79 Å². The highest BCUT2D eigenvalue weighted by Crippen LogP contribution is 2.29. The van der Waals surface area contributed by atoms with Crippen LogP contribution < -0.4 is 10.1 Å². The lowest BCUT2D eigenvalue weighted by Crippen LogP contribution is -2.14. The van der Waals surface area contributed by atoms with E-state index in [0.717, 1.165) is 11.1 Å². The van der Waals surface area contributed by atoms with Gasteiger partial charge in [-0.1, -0.05) is 72.3 Å². The van der Waals surface area contributed by atoms with Gasteiger partial charge in [0.2, 0.25) is 0 Å². The lowest BCUT2D eigenvalue weighted by Gasteiger charge is -2.13. The number of nitrogens with one attached hydrogen (secondary N) is 1. The van der Waals surface area contributed by atoms with Crippen LogP contribution in [0.3, 0.4) is 0 Å². The van der Waals surface area contributed by atoms with Gasteiger partial charge in [-0.15, -0.1) is 0 Å². The maximum Gasteiger partial charge on any atom is 0.256 e. The molecular weight excluding hydrogens is 346 g/mol. The number of amides is 1. The number of ether oxygens (including phenoxy) is 1. The SMILES string of the molecule is COc1ccc(Cl)cc1NC(=O)/C(=C/c1ccccc1)c1ccccc1. The molecule has 0 aliphatic rings. The number of hydrogen-bond donors (Lipinski definition) is 1. The van der Waals surface area contributed by atoms with Crippen LogP contribution in [0.5, 0.6) is 5.75 Å². The predicted molar refractivity (Wildman–Crippen MR) is 107 cm³/mol. The quantitative estimate of drug-likeness (QED) is 0.478. The van der Waals surface area contributed by atoms with Gasteiger partial charge in [0.1, 0.15) is 5.75 Å². The first-order valence-corrected chi connectivity index (χ1v) is 8.52. The van der Waals surface area contributed by atoms with Crippen molar-refractivity contribution in [2.75, 3.05) is 12.4 Å². The van der Waals surface area contributed by atoms with E-state index in [1.807, 2.05) is 66.7 Å². The minimum absolute atomic E-state index is 0.236. The van der Waals surface area contributed by atoms with Crippen molar-refractivity contribution in [1.29, 1.82) is 0 Å². The molecule has 3 aromatic rings. The van der Waals surface area contributed by atoms with E-state index in [4.69, 9.17) is 16.3 Å². The zero-order valence-corrected chi connectivity index (χ0v) is 15.0. The van der Waals surface area contributed by atoms with Crippen LogP contribution in [0.15, 0.2) is 78.9 Å². The summed E-state index contributed by atoms with van der Waals surface area (Å²) in [5, 5.41) is 3.43. The van der Waals surface area contributed by atoms with Gasteiger partial charge in [-0.05, 0) is 35.4 Å². The molecule has 0 heterocycles. The highest BCUT2D eigenvalue weighted by atomic mass is 35.5. The maximum absolute atomic E-state index is 13.0. The average molecular weight is 364 g/mol. The molecule has 26 heavy (non-hydrogen) atoms. The molecule has 3 nitrogen and oxygen atoms in total. The second kappa shape index (κ2) is 8.37. The summed E-state index contributed by atoms with van der Waals surface area (Å²) in [6, 6.07) is 24.4. The Hall–Kier alpha value is -3.04. The van der Waals surface area contributed by atoms with Crippen LogP contribution in [0.2, 0.25) is 5.02 Å². The van der Waals surface area contributed by atoms with E-state index < -0.39 is 0 Å². The molecule has 0 saturated carbocycles. The molecule has 0 aliphatic carbocycles. The van der Waals surface area contributed by atoms with Gasteiger partial charge in [-0.2, -0.15) is 0 Å². The van der Waals surface area contributed by atoms with E-state index >= 15 is 0 Å². The number of anilines is 1. The first-order chi connectivity index (χ1) is 12.7. The topological polar surface area (TPSA) is 38.3 Å². The van der Waals surface area contributed by atoms with Gasteiger partial charge in [0.25, 0.3) is 5.91 Å². The van der Waals surface area contributed by atoms with Crippen LogP contribution in [0.4, 0.5) is 5.69 Å². The van der Waals surface area contributed by atoms with Crippen molar-refractivity contribution in [3.05, 3.63) is 95.0 Å². The smallest absolute Gasteiger partial charge is 0.256 e. The van der Waals surface area contributed by atoms with Gasteiger partial charge in [-0.25, -0.2) is 0 Å². The van der Waals surface area contributed by atoms with Crippen molar-refractivity contribution in [3.63, 3.8) is 0 Å². The van der Waals surface area contributed by atoms with Crippen molar-refractivity contribution in [1.82, 2.24) is 0 Å². The van der Waals surface area contributed by atoms with Crippen LogP contribution in [0.1, 0.15) is 11.1 Å². The number of hydrogen-bond acceptors (Lipinski definition) is 2. The Morgan fingerprint density at radius 2 is 1.62 bits per heavy atom. The van der Waals surface area contributed by atoms with Crippen LogP contribution in [0, 0.1) is 0 Å². The summed E-state index contributed by atoms with van der Waals surface area (Å²) in [7, 11) is 1.55. The molecule has 0 radical (unpaired) electrons. The molecular formula is C22H18ClNO2. The predicted octanol–water partition coefficient (Wildman–Crippen LogP) is 5.53. The highest BCUT2D eigenvalue weighted by molar-refractivity contribution is 6.32. The van der Waals surface area contributed by atoms with Crippen LogP contribution in [-0.4, -0.2) is 13.0 Å². The third kappa shape index (κ3) is 4.32. The lowest BCUT2D eigenvalue weighted by molar-refractivity contribution is -0.111. The molecule has 0 saturated heterocycles. The summed E-state index contributed by atoms with van der Waals surface area (Å²) in [5.74, 6) is 0.315. The van der Waals surface area contributed by atoms with E-state index in [-0.39, 0.29) is 5.91 Å². The number of halogens is 1. The highest BCUT2D eigenvalue weighted by Gasteiger charge is 2.15. The fraction of sp³-hybridized carbons (Fsp3) is 0.0455. The Labute approximate surface area is 157 Å². The Kier molecular flexibility index (Phi) is 5.72. The van der Waals surface area contributed by atoms with Gasteiger partial charge in [-0.3, -0.25) is 4.79 Å². The minimum Gasteiger partial charge on any atom is -0.495 e. The number of benzene rings is 3. The average Bonchev–Trinajstić information content (AvgIpc) is 2.68. The van der Waals surface area contributed by atoms with Crippen molar-refractivity contribution < 1.29 is 9.53 Å². The third-order valence-corrected chi connectivity index (χ3v) is 4.08. The molecule has 1 N–H and O–H groups in total. The van der Waals surface area contributed by atoms with Crippen molar-refractivity contribution in [3.8, 4) is 5.75 Å². The minimum atomic E-state index is -0.236. The zero-order valence-electron chi connectivity index (χ0n) is 14.3. The van der Waals surface area contributed by atoms with E-state index in [1.54, 1.807) is 25.3 Å². The largest absolute Gasteiger partial charge is 0.495 e. The van der Waals surface area contributed by atoms with Gasteiger partial charge in [0.05, 0.1) is 12.8 Å². The molecule has 0 aliphatic heterocycles. The summed E-state index contributed by atoms with van der Waals surface area (Å²) in [4.78, 5) is 13.0. The molecule has 0 fully saturated rings. The van der Waals surface area contributed by atoms with Gasteiger partial charge in [0.15, 0.2) is 0 Å². The molecule has 0 aromatic heterocycles. The molecule has 0 bridgehead atoms. The summed E-state index contributed by atoms with van der Waals surface area (Å²) >= 11 is 6.06. The molecule has 0 atom stereocenters. The number of carbonyl (C=O) groups is 1. The Morgan fingerprint density at radius 3 is 2.27 bits per heavy atom. The van der Waals surface area contributed by atoms with Crippen molar-refractivity contribution >= 4 is 34.8 Å². The second-order valence-corrected chi connectivity index (χ2v) is 6.07. The van der Waals surface area contributed by atoms with Crippen LogP contribution in [0.25, 0.3) is 11.6 Å². The maximum atomic E-state index is 13.0. The number of methoxy groups -OCH3 is 1. The molecule has 130 valence electrons. The third-order valence-electron chi connectivity index (χ3n) is 3.85. The normalized spacial score (nSPS) is 11.1. The molecule has 3 aromatic carbocycles. The fourth-order valence-electron chi connectivity index (χ4n) is 2.58. The monoisotopic (exact) mass is 363 g/mol. The molecule has 1 amide bonds. The van der Waals surface area contributed by atoms with E-state index in [2.05, 4.69) is 5.32 Å². The zero-order chi connectivity index (χ0) is 18.4. The van der Waals surface area contributed by atoms with Crippen LogP contribution >= 0.6 is 11.6 Å². The van der Waals surface area contributed by atoms with Gasteiger partial charge >= 0.3 is 0 Å². The van der Waals surface area contributed by atoms with Crippen molar-refractivity contribution in [2.24, 2.45) is 0 Å². The van der Waals surface area contributed by atoms with Gasteiger partial charge in [0, 0.05) is 10.6 Å². The lowest BCUT2D eigenvalue weighted by atomic mass is 10.0. The van der Waals surface area contributed by atoms with E-state index in [0.29, 0.717) is 22.0 Å². The molecule has 0 spiro atoms. The number of carbonyl (C=O) groups excluding carboxylic acids is 1. The summed E-state index contributed by atoms with van der Waals surface area (Å²) in [6.45, 7) is 0. The van der Waals surface area contributed by atoms with Gasteiger partial charge < -0.3 is 10.1 Å². The second-order valence-electron chi connectivity index (χ2n) is 5.63. The molecule has 3 rings (SSSR count).